The second kappa shape index (κ2) is 5.23. The molecule has 0 spiro atoms. The molecule has 0 saturated carbocycles. The number of nitrogens with zero attached hydrogens (tertiary/aromatic N) is 1. The van der Waals surface area contributed by atoms with E-state index in [2.05, 4.69) is 30.1 Å². The predicted molar refractivity (Wildman–Crippen MR) is 70.1 cm³/mol. The largest absolute Gasteiger partial charge is 0.469 e. The highest BCUT2D eigenvalue weighted by atomic mass is 16.3. The van der Waals surface area contributed by atoms with Crippen molar-refractivity contribution in [3.05, 3.63) is 24.2 Å². The number of hydrogen-bond donors (Lipinski definition) is 1. The standard InChI is InChI=1S/C14H24N2O/c1-14(2,16-8-4-5-9-16)13(15-3)11-12-7-6-10-17-12/h6-7,10,13,15H,4-5,8-9,11H2,1-3H3. The molecule has 3 nitrogen and oxygen atoms in total. The molecule has 1 saturated heterocycles. The Balaban J connectivity index is 2.05. The fourth-order valence-corrected chi connectivity index (χ4v) is 2.85. The van der Waals surface area contributed by atoms with Crippen molar-refractivity contribution in [3.8, 4) is 0 Å². The maximum absolute atomic E-state index is 5.47. The van der Waals surface area contributed by atoms with E-state index in [-0.39, 0.29) is 5.54 Å². The van der Waals surface area contributed by atoms with Crippen molar-refractivity contribution in [3.63, 3.8) is 0 Å². The normalized spacial score (nSPS) is 19.7. The summed E-state index contributed by atoms with van der Waals surface area (Å²) in [4.78, 5) is 2.59. The lowest BCUT2D eigenvalue weighted by Crippen LogP contribution is -2.57. The Bertz CT molecular complexity index is 326. The summed E-state index contributed by atoms with van der Waals surface area (Å²) in [6, 6.07) is 4.45. The van der Waals surface area contributed by atoms with Crippen molar-refractivity contribution >= 4 is 0 Å². The van der Waals surface area contributed by atoms with Gasteiger partial charge in [-0.25, -0.2) is 0 Å². The molecular formula is C14H24N2O. The van der Waals surface area contributed by atoms with Gasteiger partial charge in [-0.05, 0) is 59.0 Å². The molecule has 0 aromatic carbocycles. The summed E-state index contributed by atoms with van der Waals surface area (Å²) in [6.45, 7) is 7.12. The zero-order valence-corrected chi connectivity index (χ0v) is 11.2. The summed E-state index contributed by atoms with van der Waals surface area (Å²) < 4.78 is 5.47. The van der Waals surface area contributed by atoms with Gasteiger partial charge in [-0.2, -0.15) is 0 Å². The Hall–Kier alpha value is -0.800. The van der Waals surface area contributed by atoms with E-state index in [1.807, 2.05) is 13.1 Å². The number of likely N-dealkylation sites (N-methyl/N-ethyl adjacent to an activating group) is 1. The average molecular weight is 236 g/mol. The minimum absolute atomic E-state index is 0.179. The summed E-state index contributed by atoms with van der Waals surface area (Å²) in [5.74, 6) is 1.07. The third kappa shape index (κ3) is 2.72. The van der Waals surface area contributed by atoms with Gasteiger partial charge in [0.15, 0.2) is 0 Å². The highest BCUT2D eigenvalue weighted by Crippen LogP contribution is 2.26. The Morgan fingerprint density at radius 1 is 1.41 bits per heavy atom. The Labute approximate surface area is 104 Å². The smallest absolute Gasteiger partial charge is 0.105 e. The molecule has 3 heteroatoms. The highest BCUT2D eigenvalue weighted by molar-refractivity contribution is 5.05. The Kier molecular flexibility index (Phi) is 3.89. The zero-order valence-electron chi connectivity index (χ0n) is 11.2. The lowest BCUT2D eigenvalue weighted by atomic mass is 9.89. The van der Waals surface area contributed by atoms with E-state index in [0.29, 0.717) is 6.04 Å². The van der Waals surface area contributed by atoms with Crippen LogP contribution in [-0.4, -0.2) is 36.6 Å². The van der Waals surface area contributed by atoms with Crippen LogP contribution in [0.2, 0.25) is 0 Å². The van der Waals surface area contributed by atoms with Crippen LogP contribution in [0.15, 0.2) is 22.8 Å². The summed E-state index contributed by atoms with van der Waals surface area (Å²) in [5, 5.41) is 3.46. The molecule has 0 aliphatic carbocycles. The topological polar surface area (TPSA) is 28.4 Å². The van der Waals surface area contributed by atoms with Crippen molar-refractivity contribution in [2.24, 2.45) is 0 Å². The van der Waals surface area contributed by atoms with Crippen molar-refractivity contribution in [2.75, 3.05) is 20.1 Å². The molecule has 2 heterocycles. The van der Waals surface area contributed by atoms with Gasteiger partial charge in [0, 0.05) is 18.0 Å². The lowest BCUT2D eigenvalue weighted by Gasteiger charge is -2.42. The van der Waals surface area contributed by atoms with Crippen LogP contribution in [0.3, 0.4) is 0 Å². The molecule has 1 N–H and O–H groups in total. The number of nitrogens with one attached hydrogen (secondary N) is 1. The molecule has 0 amide bonds. The first-order valence-electron chi connectivity index (χ1n) is 6.59. The van der Waals surface area contributed by atoms with Gasteiger partial charge in [0.05, 0.1) is 6.26 Å². The van der Waals surface area contributed by atoms with E-state index in [1.54, 1.807) is 6.26 Å². The summed E-state index contributed by atoms with van der Waals surface area (Å²) in [7, 11) is 2.05. The first-order valence-corrected chi connectivity index (χ1v) is 6.59. The van der Waals surface area contributed by atoms with Crippen molar-refractivity contribution in [1.29, 1.82) is 0 Å². The first kappa shape index (κ1) is 12.7. The summed E-state index contributed by atoms with van der Waals surface area (Å²) in [6.07, 6.45) is 5.37. The molecule has 2 rings (SSSR count). The van der Waals surface area contributed by atoms with Crippen LogP contribution in [0.25, 0.3) is 0 Å². The average Bonchev–Trinajstić information content (AvgIpc) is 2.98. The molecule has 1 fully saturated rings. The third-order valence-corrected chi connectivity index (χ3v) is 4.11. The fraction of sp³-hybridized carbons (Fsp3) is 0.714. The van der Waals surface area contributed by atoms with Crippen LogP contribution in [0, 0.1) is 0 Å². The van der Waals surface area contributed by atoms with Crippen LogP contribution in [0.4, 0.5) is 0 Å². The molecule has 1 aromatic rings. The van der Waals surface area contributed by atoms with Gasteiger partial charge in [-0.1, -0.05) is 0 Å². The Morgan fingerprint density at radius 3 is 2.65 bits per heavy atom. The van der Waals surface area contributed by atoms with Crippen molar-refractivity contribution < 1.29 is 4.42 Å². The van der Waals surface area contributed by atoms with Crippen LogP contribution >= 0.6 is 0 Å². The van der Waals surface area contributed by atoms with E-state index in [4.69, 9.17) is 4.42 Å². The molecule has 1 aliphatic heterocycles. The molecule has 0 radical (unpaired) electrons. The summed E-state index contributed by atoms with van der Waals surface area (Å²) >= 11 is 0. The third-order valence-electron chi connectivity index (χ3n) is 4.11. The molecule has 1 unspecified atom stereocenters. The maximum Gasteiger partial charge on any atom is 0.105 e. The molecular weight excluding hydrogens is 212 g/mol. The molecule has 0 bridgehead atoms. The van der Waals surface area contributed by atoms with E-state index in [0.717, 1.165) is 12.2 Å². The lowest BCUT2D eigenvalue weighted by molar-refractivity contribution is 0.107. The minimum Gasteiger partial charge on any atom is -0.469 e. The maximum atomic E-state index is 5.47. The summed E-state index contributed by atoms with van der Waals surface area (Å²) in [5.41, 5.74) is 0.179. The molecule has 1 atom stereocenters. The molecule has 1 aliphatic rings. The van der Waals surface area contributed by atoms with Crippen molar-refractivity contribution in [1.82, 2.24) is 10.2 Å². The second-order valence-corrected chi connectivity index (χ2v) is 5.47. The molecule has 96 valence electrons. The SMILES string of the molecule is CNC(Cc1ccco1)C(C)(C)N1CCCC1. The van der Waals surface area contributed by atoms with Gasteiger partial charge in [-0.3, -0.25) is 4.90 Å². The second-order valence-electron chi connectivity index (χ2n) is 5.47. The van der Waals surface area contributed by atoms with E-state index in [9.17, 15) is 0 Å². The van der Waals surface area contributed by atoms with Crippen molar-refractivity contribution in [2.45, 2.75) is 44.7 Å². The number of rotatable bonds is 5. The Morgan fingerprint density at radius 2 is 2.12 bits per heavy atom. The van der Waals surface area contributed by atoms with Gasteiger partial charge in [0.2, 0.25) is 0 Å². The van der Waals surface area contributed by atoms with Gasteiger partial charge in [-0.15, -0.1) is 0 Å². The van der Waals surface area contributed by atoms with Gasteiger partial charge in [0.1, 0.15) is 5.76 Å². The quantitative estimate of drug-likeness (QED) is 0.850. The first-order chi connectivity index (χ1) is 8.14. The van der Waals surface area contributed by atoms with Crippen LogP contribution < -0.4 is 5.32 Å². The van der Waals surface area contributed by atoms with E-state index >= 15 is 0 Å². The van der Waals surface area contributed by atoms with Gasteiger partial charge < -0.3 is 9.73 Å². The van der Waals surface area contributed by atoms with E-state index < -0.39 is 0 Å². The zero-order chi connectivity index (χ0) is 12.3. The minimum atomic E-state index is 0.179. The number of furan rings is 1. The highest BCUT2D eigenvalue weighted by Gasteiger charge is 2.36. The monoisotopic (exact) mass is 236 g/mol. The fourth-order valence-electron chi connectivity index (χ4n) is 2.85. The van der Waals surface area contributed by atoms with Gasteiger partial charge >= 0.3 is 0 Å². The molecule has 17 heavy (non-hydrogen) atoms. The number of hydrogen-bond acceptors (Lipinski definition) is 3. The predicted octanol–water partition coefficient (Wildman–Crippen LogP) is 2.28. The van der Waals surface area contributed by atoms with Crippen LogP contribution in [0.1, 0.15) is 32.4 Å². The number of likely N-dealkylation sites (tertiary alicyclic amines) is 1. The molecule has 1 aromatic heterocycles. The van der Waals surface area contributed by atoms with E-state index in [1.165, 1.54) is 25.9 Å². The van der Waals surface area contributed by atoms with Crippen LogP contribution in [-0.2, 0) is 6.42 Å². The van der Waals surface area contributed by atoms with Gasteiger partial charge in [0.25, 0.3) is 0 Å². The van der Waals surface area contributed by atoms with Crippen LogP contribution in [0.5, 0.6) is 0 Å².